The number of hydrogen-bond donors (Lipinski definition) is 1. The van der Waals surface area contributed by atoms with Crippen molar-refractivity contribution in [3.8, 4) is 0 Å². The van der Waals surface area contributed by atoms with Crippen molar-refractivity contribution >= 4 is 5.97 Å². The maximum Gasteiger partial charge on any atom is 0.339 e. The van der Waals surface area contributed by atoms with E-state index in [0.717, 1.165) is 44.1 Å². The third kappa shape index (κ3) is 1.98. The molecule has 110 valence electrons. The van der Waals surface area contributed by atoms with Gasteiger partial charge >= 0.3 is 5.97 Å². The van der Waals surface area contributed by atoms with Crippen molar-refractivity contribution in [1.29, 1.82) is 0 Å². The number of esters is 1. The van der Waals surface area contributed by atoms with E-state index in [9.17, 15) is 9.90 Å². The van der Waals surface area contributed by atoms with E-state index in [4.69, 9.17) is 4.74 Å². The van der Waals surface area contributed by atoms with Gasteiger partial charge in [0.1, 0.15) is 5.76 Å². The Kier molecular flexibility index (Phi) is 2.84. The quantitative estimate of drug-likeness (QED) is 0.857. The first-order valence-corrected chi connectivity index (χ1v) is 7.93. The highest BCUT2D eigenvalue weighted by molar-refractivity contribution is 5.94. The molecule has 2 aliphatic carbocycles. The number of aliphatic hydroxyl groups is 1. The maximum absolute atomic E-state index is 12.5. The number of carbonyl (C=O) groups excluding carboxylic acids is 1. The molecule has 2 fully saturated rings. The van der Waals surface area contributed by atoms with Crippen molar-refractivity contribution in [2.75, 3.05) is 0 Å². The molecule has 3 nitrogen and oxygen atoms in total. The molecule has 0 radical (unpaired) electrons. The molecule has 2 saturated carbocycles. The van der Waals surface area contributed by atoms with Gasteiger partial charge in [-0.05, 0) is 50.0 Å². The van der Waals surface area contributed by atoms with Crippen LogP contribution in [-0.2, 0) is 9.53 Å². The Morgan fingerprint density at radius 2 is 1.81 bits per heavy atom. The summed E-state index contributed by atoms with van der Waals surface area (Å²) in [6, 6.07) is 10.1. The molecule has 1 aromatic rings. The molecule has 1 heterocycles. The largest absolute Gasteiger partial charge is 0.507 e. The highest BCUT2D eigenvalue weighted by atomic mass is 16.6. The van der Waals surface area contributed by atoms with E-state index in [-0.39, 0.29) is 17.6 Å². The van der Waals surface area contributed by atoms with Crippen molar-refractivity contribution < 1.29 is 14.6 Å². The minimum Gasteiger partial charge on any atom is -0.507 e. The molecule has 1 N–H and O–H groups in total. The van der Waals surface area contributed by atoms with Crippen LogP contribution in [0.1, 0.15) is 50.0 Å². The summed E-state index contributed by atoms with van der Waals surface area (Å²) in [6.07, 6.45) is 5.81. The summed E-state index contributed by atoms with van der Waals surface area (Å²) in [6.45, 7) is 0. The molecular formula is C18H20O3. The van der Waals surface area contributed by atoms with Crippen LogP contribution >= 0.6 is 0 Å². The SMILES string of the molecule is O=C1OC2(CCCC2)C(O)=C1C(c1ccccc1)C1CC1. The first-order valence-electron chi connectivity index (χ1n) is 7.93. The Balaban J connectivity index is 1.79. The van der Waals surface area contributed by atoms with Crippen molar-refractivity contribution in [2.24, 2.45) is 5.92 Å². The Morgan fingerprint density at radius 3 is 2.43 bits per heavy atom. The van der Waals surface area contributed by atoms with Crippen LogP contribution in [0, 0.1) is 5.92 Å². The lowest BCUT2D eigenvalue weighted by atomic mass is 9.84. The smallest absolute Gasteiger partial charge is 0.339 e. The van der Waals surface area contributed by atoms with E-state index in [1.807, 2.05) is 18.2 Å². The molecule has 4 rings (SSSR count). The molecule has 1 atom stereocenters. The molecule has 1 aliphatic heterocycles. The fourth-order valence-corrected chi connectivity index (χ4v) is 3.95. The average molecular weight is 284 g/mol. The summed E-state index contributed by atoms with van der Waals surface area (Å²) < 4.78 is 5.65. The number of aliphatic hydroxyl groups excluding tert-OH is 1. The van der Waals surface area contributed by atoms with E-state index in [2.05, 4.69) is 12.1 Å². The van der Waals surface area contributed by atoms with Gasteiger partial charge in [0.15, 0.2) is 5.60 Å². The minimum atomic E-state index is -0.700. The minimum absolute atomic E-state index is 0.00123. The van der Waals surface area contributed by atoms with Crippen molar-refractivity contribution in [3.05, 3.63) is 47.2 Å². The Bertz CT molecular complexity index is 592. The first-order chi connectivity index (χ1) is 10.2. The van der Waals surface area contributed by atoms with Gasteiger partial charge in [0.2, 0.25) is 0 Å². The lowest BCUT2D eigenvalue weighted by Crippen LogP contribution is -2.27. The Labute approximate surface area is 124 Å². The van der Waals surface area contributed by atoms with Crippen LogP contribution < -0.4 is 0 Å². The third-order valence-electron chi connectivity index (χ3n) is 5.17. The van der Waals surface area contributed by atoms with Crippen LogP contribution in [0.3, 0.4) is 0 Å². The van der Waals surface area contributed by atoms with Gasteiger partial charge in [-0.15, -0.1) is 0 Å². The zero-order valence-corrected chi connectivity index (χ0v) is 12.0. The number of rotatable bonds is 3. The number of ether oxygens (including phenoxy) is 1. The molecule has 21 heavy (non-hydrogen) atoms. The number of benzene rings is 1. The van der Waals surface area contributed by atoms with Gasteiger partial charge in [-0.25, -0.2) is 4.79 Å². The van der Waals surface area contributed by atoms with Gasteiger partial charge in [0.25, 0.3) is 0 Å². The summed E-state index contributed by atoms with van der Waals surface area (Å²) in [5.74, 6) is 0.397. The summed E-state index contributed by atoms with van der Waals surface area (Å²) in [5, 5.41) is 10.8. The van der Waals surface area contributed by atoms with Gasteiger partial charge in [0, 0.05) is 5.92 Å². The van der Waals surface area contributed by atoms with Crippen LogP contribution in [0.15, 0.2) is 41.7 Å². The highest BCUT2D eigenvalue weighted by Gasteiger charge is 2.53. The fourth-order valence-electron chi connectivity index (χ4n) is 3.95. The molecule has 0 bridgehead atoms. The number of carbonyl (C=O) groups is 1. The lowest BCUT2D eigenvalue weighted by molar-refractivity contribution is -0.148. The van der Waals surface area contributed by atoms with E-state index >= 15 is 0 Å². The van der Waals surface area contributed by atoms with Gasteiger partial charge < -0.3 is 9.84 Å². The number of hydrogen-bond acceptors (Lipinski definition) is 3. The lowest BCUT2D eigenvalue weighted by Gasteiger charge is -2.21. The summed E-state index contributed by atoms with van der Waals surface area (Å²) >= 11 is 0. The van der Waals surface area contributed by atoms with E-state index < -0.39 is 5.60 Å². The van der Waals surface area contributed by atoms with Gasteiger partial charge in [0.05, 0.1) is 5.57 Å². The molecule has 0 saturated heterocycles. The Morgan fingerprint density at radius 1 is 1.14 bits per heavy atom. The van der Waals surface area contributed by atoms with Crippen molar-refractivity contribution in [2.45, 2.75) is 50.0 Å². The first kappa shape index (κ1) is 12.9. The van der Waals surface area contributed by atoms with Gasteiger partial charge in [-0.2, -0.15) is 0 Å². The molecule has 3 aliphatic rings. The van der Waals surface area contributed by atoms with Crippen LogP contribution in [0.2, 0.25) is 0 Å². The zero-order valence-electron chi connectivity index (χ0n) is 12.0. The van der Waals surface area contributed by atoms with Crippen LogP contribution in [-0.4, -0.2) is 16.7 Å². The molecule has 0 amide bonds. The van der Waals surface area contributed by atoms with Crippen LogP contribution in [0.5, 0.6) is 0 Å². The standard InChI is InChI=1S/C18H20O3/c19-16-15(17(20)21-18(16)10-4-5-11-18)14(13-8-9-13)12-6-2-1-3-7-12/h1-3,6-7,13-14,19H,4-5,8-11H2. The Hall–Kier alpha value is -1.77. The van der Waals surface area contributed by atoms with Gasteiger partial charge in [-0.3, -0.25) is 0 Å². The molecule has 1 aromatic carbocycles. The fraction of sp³-hybridized carbons (Fsp3) is 0.500. The van der Waals surface area contributed by atoms with Crippen LogP contribution in [0.25, 0.3) is 0 Å². The second kappa shape index (κ2) is 4.62. The van der Waals surface area contributed by atoms with E-state index in [1.54, 1.807) is 0 Å². The van der Waals surface area contributed by atoms with Crippen molar-refractivity contribution in [1.82, 2.24) is 0 Å². The predicted octanol–water partition coefficient (Wildman–Crippen LogP) is 3.86. The topological polar surface area (TPSA) is 46.5 Å². The zero-order chi connectivity index (χ0) is 14.4. The molecule has 1 unspecified atom stereocenters. The second-order valence-electron chi connectivity index (χ2n) is 6.58. The van der Waals surface area contributed by atoms with E-state index in [0.29, 0.717) is 11.5 Å². The highest BCUT2D eigenvalue weighted by Crippen LogP contribution is 2.53. The molecule has 3 heteroatoms. The predicted molar refractivity (Wildman–Crippen MR) is 78.9 cm³/mol. The van der Waals surface area contributed by atoms with Gasteiger partial charge in [-0.1, -0.05) is 30.3 Å². The van der Waals surface area contributed by atoms with Crippen LogP contribution in [0.4, 0.5) is 0 Å². The second-order valence-corrected chi connectivity index (χ2v) is 6.58. The van der Waals surface area contributed by atoms with E-state index in [1.165, 1.54) is 0 Å². The average Bonchev–Trinajstić information content (AvgIpc) is 3.17. The summed E-state index contributed by atoms with van der Waals surface area (Å²) in [4.78, 5) is 12.5. The monoisotopic (exact) mass is 284 g/mol. The summed E-state index contributed by atoms with van der Waals surface area (Å²) in [7, 11) is 0. The third-order valence-corrected chi connectivity index (χ3v) is 5.17. The molecular weight excluding hydrogens is 264 g/mol. The normalized spacial score (nSPS) is 25.4. The maximum atomic E-state index is 12.5. The molecule has 1 spiro atoms. The molecule has 0 aromatic heterocycles. The summed E-state index contributed by atoms with van der Waals surface area (Å²) in [5.41, 5.74) is 0.952. The van der Waals surface area contributed by atoms with Crippen molar-refractivity contribution in [3.63, 3.8) is 0 Å².